The predicted octanol–water partition coefficient (Wildman–Crippen LogP) is 3.88. The molecule has 0 bridgehead atoms. The first kappa shape index (κ1) is 14.0. The Labute approximate surface area is 128 Å². The van der Waals surface area contributed by atoms with Crippen LogP contribution in [0.4, 0.5) is 0 Å². The lowest BCUT2D eigenvalue weighted by Crippen LogP contribution is -2.50. The second-order valence-electron chi connectivity index (χ2n) is 8.57. The molecule has 2 heteroatoms. The summed E-state index contributed by atoms with van der Waals surface area (Å²) in [5, 5.41) is 10.00. The maximum Gasteiger partial charge on any atom is 0.139 e. The maximum atomic E-state index is 12.4. The van der Waals surface area contributed by atoms with Crippen molar-refractivity contribution in [2.24, 2.45) is 28.6 Å². The van der Waals surface area contributed by atoms with Gasteiger partial charge in [-0.15, -0.1) is 0 Å². The van der Waals surface area contributed by atoms with Crippen LogP contribution in [0.1, 0.15) is 65.2 Å². The number of Topliss-reactive ketones (excluding diaryl/α,β-unsaturated/α-hetero) is 1. The van der Waals surface area contributed by atoms with Crippen LogP contribution in [0.3, 0.4) is 0 Å². The van der Waals surface area contributed by atoms with Crippen molar-refractivity contribution >= 4 is 5.78 Å². The van der Waals surface area contributed by atoms with Gasteiger partial charge in [0.05, 0.1) is 6.10 Å². The number of rotatable bonds is 0. The minimum Gasteiger partial charge on any atom is -0.393 e. The summed E-state index contributed by atoms with van der Waals surface area (Å²) in [5.41, 5.74) is 1.81. The van der Waals surface area contributed by atoms with E-state index in [9.17, 15) is 9.90 Å². The van der Waals surface area contributed by atoms with Crippen molar-refractivity contribution < 1.29 is 9.90 Å². The van der Waals surface area contributed by atoms with Crippen molar-refractivity contribution in [3.8, 4) is 0 Å². The van der Waals surface area contributed by atoms with Gasteiger partial charge in [-0.3, -0.25) is 4.79 Å². The number of carbonyl (C=O) groups is 1. The Balaban J connectivity index is 1.69. The molecule has 1 N–H and O–H groups in total. The summed E-state index contributed by atoms with van der Waals surface area (Å²) in [6, 6.07) is 0. The maximum absolute atomic E-state index is 12.4. The van der Waals surface area contributed by atoms with Crippen LogP contribution in [0.15, 0.2) is 11.6 Å². The lowest BCUT2D eigenvalue weighted by Gasteiger charge is -2.56. The zero-order valence-electron chi connectivity index (χ0n) is 13.4. The van der Waals surface area contributed by atoms with E-state index >= 15 is 0 Å². The molecule has 4 aliphatic carbocycles. The Morgan fingerprint density at radius 1 is 1.10 bits per heavy atom. The largest absolute Gasteiger partial charge is 0.393 e. The number of carbonyl (C=O) groups excluding carboxylic acids is 1. The molecular weight excluding hydrogens is 260 g/mol. The fourth-order valence-electron chi connectivity index (χ4n) is 6.41. The van der Waals surface area contributed by atoms with Gasteiger partial charge in [0.1, 0.15) is 5.78 Å². The van der Waals surface area contributed by atoms with Crippen molar-refractivity contribution in [1.82, 2.24) is 0 Å². The minimum atomic E-state index is -0.122. The van der Waals surface area contributed by atoms with Crippen molar-refractivity contribution in [3.63, 3.8) is 0 Å². The summed E-state index contributed by atoms with van der Waals surface area (Å²) in [5.74, 6) is 2.60. The second-order valence-corrected chi connectivity index (χ2v) is 8.57. The standard InChI is InChI=1S/C19H28O2/c1-18-9-7-13(20)11-12(18)3-4-14-15-5-6-17(21)19(15,2)10-8-16(14)18/h3,13-16,20H,4-11H2,1-2H3/t13-,14-,15?,16?,18-,19-/m0/s1. The lowest BCUT2D eigenvalue weighted by atomic mass is 9.48. The third-order valence-corrected chi connectivity index (χ3v) is 7.79. The molecule has 0 radical (unpaired) electrons. The highest BCUT2D eigenvalue weighted by Gasteiger charge is 2.58. The fraction of sp³-hybridized carbons (Fsp3) is 0.842. The summed E-state index contributed by atoms with van der Waals surface area (Å²) in [7, 11) is 0. The highest BCUT2D eigenvalue weighted by atomic mass is 16.3. The molecule has 21 heavy (non-hydrogen) atoms. The molecule has 0 aromatic heterocycles. The molecule has 0 spiro atoms. The summed E-state index contributed by atoms with van der Waals surface area (Å²) >= 11 is 0. The average Bonchev–Trinajstić information content (AvgIpc) is 2.76. The SMILES string of the molecule is C[C@]12CC[C@H](O)CC1=CC[C@@H]1C2CC[C@]2(C)C(=O)CCC12. The number of allylic oxidation sites excluding steroid dienone is 1. The quantitative estimate of drug-likeness (QED) is 0.687. The van der Waals surface area contributed by atoms with Gasteiger partial charge in [0.15, 0.2) is 0 Å². The summed E-state index contributed by atoms with van der Waals surface area (Å²) in [6.45, 7) is 4.69. The first-order valence-electron chi connectivity index (χ1n) is 8.86. The van der Waals surface area contributed by atoms with Crippen LogP contribution < -0.4 is 0 Å². The molecule has 4 rings (SSSR count). The van der Waals surface area contributed by atoms with Gasteiger partial charge in [-0.25, -0.2) is 0 Å². The van der Waals surface area contributed by atoms with Gasteiger partial charge in [0.2, 0.25) is 0 Å². The molecule has 4 aliphatic rings. The number of aliphatic hydroxyl groups excluding tert-OH is 1. The van der Waals surface area contributed by atoms with Crippen molar-refractivity contribution in [2.45, 2.75) is 71.3 Å². The van der Waals surface area contributed by atoms with E-state index in [2.05, 4.69) is 19.9 Å². The van der Waals surface area contributed by atoms with E-state index in [1.54, 1.807) is 0 Å². The fourth-order valence-corrected chi connectivity index (χ4v) is 6.41. The van der Waals surface area contributed by atoms with Gasteiger partial charge >= 0.3 is 0 Å². The van der Waals surface area contributed by atoms with E-state index < -0.39 is 0 Å². The monoisotopic (exact) mass is 288 g/mol. The zero-order chi connectivity index (χ0) is 14.8. The molecule has 0 aromatic rings. The molecule has 0 aliphatic heterocycles. The molecule has 3 saturated carbocycles. The van der Waals surface area contributed by atoms with Gasteiger partial charge < -0.3 is 5.11 Å². The van der Waals surface area contributed by atoms with Gasteiger partial charge in [-0.2, -0.15) is 0 Å². The van der Waals surface area contributed by atoms with E-state index in [1.165, 1.54) is 12.0 Å². The van der Waals surface area contributed by atoms with E-state index in [-0.39, 0.29) is 11.5 Å². The predicted molar refractivity (Wildman–Crippen MR) is 82.7 cm³/mol. The molecule has 2 nitrogen and oxygen atoms in total. The Hall–Kier alpha value is -0.630. The van der Waals surface area contributed by atoms with E-state index in [1.807, 2.05) is 0 Å². The Kier molecular flexibility index (Phi) is 2.96. The number of hydrogen-bond donors (Lipinski definition) is 1. The molecule has 0 heterocycles. The third kappa shape index (κ3) is 1.78. The molecule has 6 atom stereocenters. The van der Waals surface area contributed by atoms with Crippen LogP contribution in [0, 0.1) is 28.6 Å². The summed E-state index contributed by atoms with van der Waals surface area (Å²) in [6.07, 6.45) is 10.7. The summed E-state index contributed by atoms with van der Waals surface area (Å²) in [4.78, 5) is 12.4. The van der Waals surface area contributed by atoms with Gasteiger partial charge in [0, 0.05) is 11.8 Å². The van der Waals surface area contributed by atoms with Crippen molar-refractivity contribution in [2.75, 3.05) is 0 Å². The van der Waals surface area contributed by atoms with Crippen LogP contribution in [-0.2, 0) is 4.79 Å². The summed E-state index contributed by atoms with van der Waals surface area (Å²) < 4.78 is 0. The molecular formula is C19H28O2. The molecule has 3 fully saturated rings. The van der Waals surface area contributed by atoms with E-state index in [4.69, 9.17) is 0 Å². The highest BCUT2D eigenvalue weighted by Crippen LogP contribution is 2.63. The Morgan fingerprint density at radius 3 is 2.62 bits per heavy atom. The van der Waals surface area contributed by atoms with E-state index in [0.29, 0.717) is 23.0 Å². The van der Waals surface area contributed by atoms with Gasteiger partial charge in [-0.1, -0.05) is 25.5 Å². The van der Waals surface area contributed by atoms with Crippen LogP contribution >= 0.6 is 0 Å². The molecule has 0 amide bonds. The normalized spacial score (nSPS) is 52.7. The minimum absolute atomic E-state index is 0.0168. The van der Waals surface area contributed by atoms with Crippen LogP contribution in [0.25, 0.3) is 0 Å². The van der Waals surface area contributed by atoms with Crippen LogP contribution in [-0.4, -0.2) is 17.0 Å². The topological polar surface area (TPSA) is 37.3 Å². The molecule has 116 valence electrons. The van der Waals surface area contributed by atoms with Crippen LogP contribution in [0.5, 0.6) is 0 Å². The lowest BCUT2D eigenvalue weighted by molar-refractivity contribution is -0.132. The first-order valence-corrected chi connectivity index (χ1v) is 8.86. The smallest absolute Gasteiger partial charge is 0.139 e. The third-order valence-electron chi connectivity index (χ3n) is 7.79. The Morgan fingerprint density at radius 2 is 1.81 bits per heavy atom. The zero-order valence-corrected chi connectivity index (χ0v) is 13.4. The van der Waals surface area contributed by atoms with Gasteiger partial charge in [0.25, 0.3) is 0 Å². The number of aliphatic hydroxyl groups is 1. The van der Waals surface area contributed by atoms with E-state index in [0.717, 1.165) is 50.9 Å². The van der Waals surface area contributed by atoms with Crippen molar-refractivity contribution in [1.29, 1.82) is 0 Å². The number of ketones is 1. The number of hydrogen-bond acceptors (Lipinski definition) is 2. The Bertz CT molecular complexity index is 508. The molecule has 2 unspecified atom stereocenters. The number of fused-ring (bicyclic) bond motifs is 5. The average molecular weight is 288 g/mol. The van der Waals surface area contributed by atoms with Gasteiger partial charge in [-0.05, 0) is 68.1 Å². The first-order chi connectivity index (χ1) is 9.95. The van der Waals surface area contributed by atoms with Crippen LogP contribution in [0.2, 0.25) is 0 Å². The van der Waals surface area contributed by atoms with Crippen molar-refractivity contribution in [3.05, 3.63) is 11.6 Å². The second kappa shape index (κ2) is 4.44. The molecule has 0 aromatic carbocycles. The molecule has 0 saturated heterocycles. The highest BCUT2D eigenvalue weighted by molar-refractivity contribution is 5.87.